The molecule has 2 heteroatoms. The summed E-state index contributed by atoms with van der Waals surface area (Å²) in [5.41, 5.74) is 1.71. The van der Waals surface area contributed by atoms with Crippen molar-refractivity contribution in [3.8, 4) is 0 Å². The molecule has 0 unspecified atom stereocenters. The van der Waals surface area contributed by atoms with E-state index in [1.165, 1.54) is 0 Å². The molecule has 0 amide bonds. The highest BCUT2D eigenvalue weighted by Crippen LogP contribution is 2.24. The van der Waals surface area contributed by atoms with E-state index in [0.29, 0.717) is 0 Å². The molecule has 0 radical (unpaired) electrons. The number of hydrogen-bond acceptors (Lipinski definition) is 2. The number of Topliss-reactive ketones (excluding diaryl/α,β-unsaturated/α-hetero) is 1. The first-order valence-corrected chi connectivity index (χ1v) is 6.09. The van der Waals surface area contributed by atoms with Gasteiger partial charge in [-0.25, -0.2) is 0 Å². The van der Waals surface area contributed by atoms with Crippen molar-refractivity contribution in [2.45, 2.75) is 11.3 Å². The Morgan fingerprint density at radius 3 is 2.80 bits per heavy atom. The summed E-state index contributed by atoms with van der Waals surface area (Å²) in [5.74, 6) is 0.157. The average Bonchev–Trinajstić information content (AvgIpc) is 2.81. The van der Waals surface area contributed by atoms with E-state index < -0.39 is 0 Å². The number of carbonyl (C=O) groups is 1. The van der Waals surface area contributed by atoms with E-state index in [-0.39, 0.29) is 5.78 Å². The van der Waals surface area contributed by atoms with Gasteiger partial charge < -0.3 is 0 Å². The second-order valence-corrected chi connectivity index (χ2v) is 4.20. The molecule has 0 aromatic heterocycles. The van der Waals surface area contributed by atoms with Crippen LogP contribution in [-0.2, 0) is 0 Å². The Kier molecular flexibility index (Phi) is 3.07. The monoisotopic (exact) mass is 216 g/mol. The van der Waals surface area contributed by atoms with E-state index >= 15 is 0 Å². The maximum Gasteiger partial charge on any atom is 0.190 e. The van der Waals surface area contributed by atoms with Gasteiger partial charge in [-0.3, -0.25) is 4.79 Å². The van der Waals surface area contributed by atoms with Crippen LogP contribution in [0.1, 0.15) is 16.8 Å². The summed E-state index contributed by atoms with van der Waals surface area (Å²) in [6.07, 6.45) is 8.61. The van der Waals surface area contributed by atoms with Crippen molar-refractivity contribution >= 4 is 17.5 Å². The maximum absolute atomic E-state index is 12.1. The molecule has 0 bridgehead atoms. The molecular weight excluding hydrogens is 204 g/mol. The normalized spacial score (nSPS) is 14.1. The minimum absolute atomic E-state index is 0.157. The quantitative estimate of drug-likeness (QED) is 0.568. The Labute approximate surface area is 93.9 Å². The molecule has 15 heavy (non-hydrogen) atoms. The molecule has 0 aliphatic heterocycles. The molecule has 1 aliphatic rings. The van der Waals surface area contributed by atoms with E-state index in [0.717, 1.165) is 22.5 Å². The summed E-state index contributed by atoms with van der Waals surface area (Å²) >= 11 is 1.61. The summed E-state index contributed by atoms with van der Waals surface area (Å²) in [5, 5.41) is 0. The van der Waals surface area contributed by atoms with Crippen molar-refractivity contribution in [2.24, 2.45) is 0 Å². The largest absolute Gasteiger partial charge is 0.289 e. The summed E-state index contributed by atoms with van der Waals surface area (Å²) in [4.78, 5) is 13.2. The second kappa shape index (κ2) is 4.49. The molecule has 0 saturated carbocycles. The molecule has 0 heterocycles. The lowest BCUT2D eigenvalue weighted by molar-refractivity contribution is 0.103. The number of carbonyl (C=O) groups excluding carboxylic acids is 1. The Bertz CT molecular complexity index is 444. The zero-order chi connectivity index (χ0) is 10.7. The van der Waals surface area contributed by atoms with Crippen LogP contribution in [0.2, 0.25) is 0 Å². The van der Waals surface area contributed by atoms with Crippen molar-refractivity contribution in [3.63, 3.8) is 0 Å². The van der Waals surface area contributed by atoms with Crippen LogP contribution in [0, 0.1) is 0 Å². The van der Waals surface area contributed by atoms with Crippen LogP contribution < -0.4 is 0 Å². The van der Waals surface area contributed by atoms with Crippen molar-refractivity contribution in [1.82, 2.24) is 0 Å². The van der Waals surface area contributed by atoms with Gasteiger partial charge in [0, 0.05) is 16.0 Å². The highest BCUT2D eigenvalue weighted by atomic mass is 32.2. The number of thioether (sulfide) groups is 1. The molecule has 1 aromatic carbocycles. The lowest BCUT2D eigenvalue weighted by Crippen LogP contribution is -2.03. The Balaban J connectivity index is 2.33. The Hall–Kier alpha value is -1.28. The van der Waals surface area contributed by atoms with Crippen LogP contribution in [0.25, 0.3) is 0 Å². The highest BCUT2D eigenvalue weighted by molar-refractivity contribution is 7.98. The van der Waals surface area contributed by atoms with Gasteiger partial charge >= 0.3 is 0 Å². The molecule has 0 saturated heterocycles. The number of hydrogen-bond donors (Lipinski definition) is 0. The fourth-order valence-electron chi connectivity index (χ4n) is 1.62. The SMILES string of the molecule is CSc1ccccc1C(=O)C1=CC=CC1. The van der Waals surface area contributed by atoms with Gasteiger partial charge in [0.2, 0.25) is 0 Å². The van der Waals surface area contributed by atoms with Gasteiger partial charge in [-0.1, -0.05) is 30.4 Å². The van der Waals surface area contributed by atoms with Crippen molar-refractivity contribution in [3.05, 3.63) is 53.6 Å². The molecule has 0 N–H and O–H groups in total. The van der Waals surface area contributed by atoms with Crippen LogP contribution in [0.3, 0.4) is 0 Å². The van der Waals surface area contributed by atoms with Gasteiger partial charge in [0.05, 0.1) is 0 Å². The van der Waals surface area contributed by atoms with Gasteiger partial charge in [-0.2, -0.15) is 0 Å². The molecule has 1 nitrogen and oxygen atoms in total. The van der Waals surface area contributed by atoms with Crippen molar-refractivity contribution < 1.29 is 4.79 Å². The molecule has 1 aromatic rings. The summed E-state index contributed by atoms with van der Waals surface area (Å²) < 4.78 is 0. The fourth-order valence-corrected chi connectivity index (χ4v) is 2.22. The van der Waals surface area contributed by atoms with E-state index in [4.69, 9.17) is 0 Å². The smallest absolute Gasteiger partial charge is 0.190 e. The zero-order valence-electron chi connectivity index (χ0n) is 8.57. The zero-order valence-corrected chi connectivity index (χ0v) is 9.38. The predicted octanol–water partition coefficient (Wildman–Crippen LogP) is 3.48. The minimum atomic E-state index is 0.157. The third-order valence-corrected chi connectivity index (χ3v) is 3.21. The number of benzene rings is 1. The molecule has 2 rings (SSSR count). The van der Waals surface area contributed by atoms with E-state index in [1.54, 1.807) is 11.8 Å². The van der Waals surface area contributed by atoms with Gasteiger partial charge in [-0.15, -0.1) is 11.8 Å². The lowest BCUT2D eigenvalue weighted by Gasteiger charge is -2.06. The first-order valence-electron chi connectivity index (χ1n) is 4.86. The lowest BCUT2D eigenvalue weighted by atomic mass is 10.0. The fraction of sp³-hybridized carbons (Fsp3) is 0.154. The van der Waals surface area contributed by atoms with E-state index in [2.05, 4.69) is 0 Å². The van der Waals surface area contributed by atoms with E-state index in [9.17, 15) is 4.79 Å². The van der Waals surface area contributed by atoms with Gasteiger partial charge in [0.1, 0.15) is 0 Å². The second-order valence-electron chi connectivity index (χ2n) is 3.35. The first-order chi connectivity index (χ1) is 7.33. The predicted molar refractivity (Wildman–Crippen MR) is 64.4 cm³/mol. The maximum atomic E-state index is 12.1. The Morgan fingerprint density at radius 2 is 2.13 bits per heavy atom. The van der Waals surface area contributed by atoms with Gasteiger partial charge in [-0.05, 0) is 24.8 Å². The summed E-state index contributed by atoms with van der Waals surface area (Å²) in [6.45, 7) is 0. The topological polar surface area (TPSA) is 17.1 Å². The van der Waals surface area contributed by atoms with Gasteiger partial charge in [0.25, 0.3) is 0 Å². The van der Waals surface area contributed by atoms with Crippen molar-refractivity contribution in [2.75, 3.05) is 6.26 Å². The minimum Gasteiger partial charge on any atom is -0.289 e. The molecule has 0 atom stereocenters. The Morgan fingerprint density at radius 1 is 1.33 bits per heavy atom. The van der Waals surface area contributed by atoms with Crippen molar-refractivity contribution in [1.29, 1.82) is 0 Å². The van der Waals surface area contributed by atoms with Crippen LogP contribution in [0.5, 0.6) is 0 Å². The third kappa shape index (κ3) is 2.05. The third-order valence-electron chi connectivity index (χ3n) is 2.41. The average molecular weight is 216 g/mol. The van der Waals surface area contributed by atoms with E-state index in [1.807, 2.05) is 48.7 Å². The summed E-state index contributed by atoms with van der Waals surface area (Å²) in [6, 6.07) is 7.76. The van der Waals surface area contributed by atoms with Crippen LogP contribution in [0.4, 0.5) is 0 Å². The molecule has 76 valence electrons. The summed E-state index contributed by atoms with van der Waals surface area (Å²) in [7, 11) is 0. The molecule has 0 spiro atoms. The van der Waals surface area contributed by atoms with Gasteiger partial charge in [0.15, 0.2) is 5.78 Å². The highest BCUT2D eigenvalue weighted by Gasteiger charge is 2.15. The molecule has 1 aliphatic carbocycles. The molecule has 0 fully saturated rings. The van der Waals surface area contributed by atoms with Crippen LogP contribution in [-0.4, -0.2) is 12.0 Å². The number of rotatable bonds is 3. The number of allylic oxidation sites excluding steroid dienone is 4. The standard InChI is InChI=1S/C13H12OS/c1-15-12-9-5-4-8-11(12)13(14)10-6-2-3-7-10/h2-6,8-9H,7H2,1H3. The number of ketones is 1. The molecular formula is C13H12OS. The van der Waals surface area contributed by atoms with Crippen LogP contribution in [0.15, 0.2) is 53.0 Å². The first kappa shape index (κ1) is 10.2. The van der Waals surface area contributed by atoms with Crippen LogP contribution >= 0.6 is 11.8 Å².